The molecule has 1 N–H and O–H groups in total. The third kappa shape index (κ3) is 4.58. The average Bonchev–Trinajstić information content (AvgIpc) is 2.33. The summed E-state index contributed by atoms with van der Waals surface area (Å²) in [5.74, 6) is -1.45. The van der Waals surface area contributed by atoms with Crippen LogP contribution in [-0.4, -0.2) is 24.2 Å². The second kappa shape index (κ2) is 6.73. The maximum Gasteiger partial charge on any atom is 0.328 e. The molecule has 102 valence electrons. The van der Waals surface area contributed by atoms with Gasteiger partial charge in [0, 0.05) is 30.4 Å². The number of carboxylic acid groups (broad SMARTS) is 1. The molecule has 1 aromatic rings. The first kappa shape index (κ1) is 15.0. The minimum absolute atomic E-state index is 0.389. The Morgan fingerprint density at radius 3 is 2.74 bits per heavy atom. The van der Waals surface area contributed by atoms with E-state index in [-0.39, 0.29) is 5.82 Å². The maximum absolute atomic E-state index is 13.3. The standard InChI is InChI=1S/C15H18FNO2/c1-4-17(10-11(2)3)14-7-6-13(16)9-12(14)5-8-15(18)19/h5-9H,2,4,10H2,1,3H3,(H,18,19)/b8-5+. The summed E-state index contributed by atoms with van der Waals surface area (Å²) < 4.78 is 13.3. The molecule has 0 atom stereocenters. The largest absolute Gasteiger partial charge is 0.478 e. The number of aliphatic carboxylic acids is 1. The lowest BCUT2D eigenvalue weighted by atomic mass is 10.1. The Balaban J connectivity index is 3.17. The van der Waals surface area contributed by atoms with Crippen molar-refractivity contribution in [1.82, 2.24) is 0 Å². The summed E-state index contributed by atoms with van der Waals surface area (Å²) in [4.78, 5) is 12.6. The number of rotatable bonds is 6. The van der Waals surface area contributed by atoms with Gasteiger partial charge in [0.25, 0.3) is 0 Å². The van der Waals surface area contributed by atoms with E-state index in [1.54, 1.807) is 6.07 Å². The van der Waals surface area contributed by atoms with Gasteiger partial charge in [-0.25, -0.2) is 9.18 Å². The quantitative estimate of drug-likeness (QED) is 0.632. The van der Waals surface area contributed by atoms with Crippen LogP contribution in [0.25, 0.3) is 6.08 Å². The van der Waals surface area contributed by atoms with Gasteiger partial charge in [0.2, 0.25) is 0 Å². The first-order valence-corrected chi connectivity index (χ1v) is 6.04. The van der Waals surface area contributed by atoms with E-state index in [1.165, 1.54) is 18.2 Å². The van der Waals surface area contributed by atoms with E-state index in [2.05, 4.69) is 6.58 Å². The number of likely N-dealkylation sites (N-methyl/N-ethyl adjacent to an activating group) is 1. The molecule has 0 unspecified atom stereocenters. The molecule has 19 heavy (non-hydrogen) atoms. The van der Waals surface area contributed by atoms with Gasteiger partial charge in [-0.2, -0.15) is 0 Å². The number of anilines is 1. The van der Waals surface area contributed by atoms with Crippen LogP contribution >= 0.6 is 0 Å². The highest BCUT2D eigenvalue weighted by Gasteiger charge is 2.09. The molecule has 0 fully saturated rings. The highest BCUT2D eigenvalue weighted by Crippen LogP contribution is 2.23. The summed E-state index contributed by atoms with van der Waals surface area (Å²) in [5.41, 5.74) is 2.33. The van der Waals surface area contributed by atoms with Gasteiger partial charge in [0.1, 0.15) is 5.82 Å². The Morgan fingerprint density at radius 2 is 2.21 bits per heavy atom. The minimum Gasteiger partial charge on any atom is -0.478 e. The predicted octanol–water partition coefficient (Wildman–Crippen LogP) is 3.33. The summed E-state index contributed by atoms with van der Waals surface area (Å²) >= 11 is 0. The lowest BCUT2D eigenvalue weighted by Crippen LogP contribution is -2.25. The van der Waals surface area contributed by atoms with Crippen LogP contribution in [0, 0.1) is 5.82 Å². The van der Waals surface area contributed by atoms with Crippen LogP contribution in [-0.2, 0) is 4.79 Å². The molecule has 0 heterocycles. The predicted molar refractivity (Wildman–Crippen MR) is 75.8 cm³/mol. The van der Waals surface area contributed by atoms with Gasteiger partial charge in [0.15, 0.2) is 0 Å². The lowest BCUT2D eigenvalue weighted by molar-refractivity contribution is -0.131. The fourth-order valence-electron chi connectivity index (χ4n) is 1.80. The van der Waals surface area contributed by atoms with Gasteiger partial charge >= 0.3 is 5.97 Å². The van der Waals surface area contributed by atoms with Crippen molar-refractivity contribution in [2.75, 3.05) is 18.0 Å². The first-order chi connectivity index (χ1) is 8.93. The maximum atomic E-state index is 13.3. The summed E-state index contributed by atoms with van der Waals surface area (Å²) in [5, 5.41) is 8.67. The highest BCUT2D eigenvalue weighted by atomic mass is 19.1. The van der Waals surface area contributed by atoms with Crippen molar-refractivity contribution in [1.29, 1.82) is 0 Å². The number of carboxylic acids is 1. The molecule has 0 aromatic heterocycles. The Kier molecular flexibility index (Phi) is 5.30. The number of halogens is 1. The zero-order chi connectivity index (χ0) is 14.4. The number of hydrogen-bond acceptors (Lipinski definition) is 2. The van der Waals surface area contributed by atoms with E-state index in [9.17, 15) is 9.18 Å². The molecule has 0 radical (unpaired) electrons. The summed E-state index contributed by atoms with van der Waals surface area (Å²) in [6.45, 7) is 9.14. The smallest absolute Gasteiger partial charge is 0.328 e. The lowest BCUT2D eigenvalue weighted by Gasteiger charge is -2.25. The van der Waals surface area contributed by atoms with Gasteiger partial charge < -0.3 is 10.0 Å². The number of carbonyl (C=O) groups is 1. The van der Waals surface area contributed by atoms with Crippen molar-refractivity contribution in [2.24, 2.45) is 0 Å². The van der Waals surface area contributed by atoms with Crippen molar-refractivity contribution in [3.63, 3.8) is 0 Å². The van der Waals surface area contributed by atoms with Crippen molar-refractivity contribution in [3.05, 3.63) is 47.8 Å². The Hall–Kier alpha value is -2.10. The highest BCUT2D eigenvalue weighted by molar-refractivity contribution is 5.87. The third-order valence-corrected chi connectivity index (χ3v) is 2.58. The topological polar surface area (TPSA) is 40.5 Å². The fraction of sp³-hybridized carbons (Fsp3) is 0.267. The van der Waals surface area contributed by atoms with Gasteiger partial charge in [0.05, 0.1) is 0 Å². The minimum atomic E-state index is -1.06. The van der Waals surface area contributed by atoms with E-state index in [4.69, 9.17) is 5.11 Å². The normalized spacial score (nSPS) is 10.7. The van der Waals surface area contributed by atoms with E-state index in [0.29, 0.717) is 12.1 Å². The zero-order valence-corrected chi connectivity index (χ0v) is 11.2. The molecule has 0 amide bonds. The van der Waals surface area contributed by atoms with Crippen LogP contribution in [0.5, 0.6) is 0 Å². The fourth-order valence-corrected chi connectivity index (χ4v) is 1.80. The second-order valence-corrected chi connectivity index (χ2v) is 4.35. The van der Waals surface area contributed by atoms with E-state index < -0.39 is 5.97 Å². The Labute approximate surface area is 112 Å². The van der Waals surface area contributed by atoms with E-state index in [1.807, 2.05) is 18.7 Å². The summed E-state index contributed by atoms with van der Waals surface area (Å²) in [6, 6.07) is 4.35. The first-order valence-electron chi connectivity index (χ1n) is 6.04. The molecule has 0 saturated carbocycles. The molecule has 0 spiro atoms. The monoisotopic (exact) mass is 263 g/mol. The molecule has 1 rings (SSSR count). The molecular weight excluding hydrogens is 245 g/mol. The van der Waals surface area contributed by atoms with E-state index in [0.717, 1.165) is 23.9 Å². The van der Waals surface area contributed by atoms with Crippen LogP contribution in [0.1, 0.15) is 19.4 Å². The summed E-state index contributed by atoms with van der Waals surface area (Å²) in [7, 11) is 0. The molecule has 1 aromatic carbocycles. The molecule has 0 aliphatic rings. The zero-order valence-electron chi connectivity index (χ0n) is 11.2. The van der Waals surface area contributed by atoms with Crippen LogP contribution < -0.4 is 4.90 Å². The van der Waals surface area contributed by atoms with Gasteiger partial charge in [-0.05, 0) is 38.1 Å². The molecule has 4 heteroatoms. The van der Waals surface area contributed by atoms with Crippen LogP contribution in [0.3, 0.4) is 0 Å². The Bertz CT molecular complexity index is 509. The number of nitrogens with zero attached hydrogens (tertiary/aromatic N) is 1. The molecule has 0 bridgehead atoms. The van der Waals surface area contributed by atoms with Gasteiger partial charge in [-0.3, -0.25) is 0 Å². The van der Waals surface area contributed by atoms with Gasteiger partial charge in [-0.1, -0.05) is 12.2 Å². The molecule has 3 nitrogen and oxygen atoms in total. The molecule has 0 saturated heterocycles. The van der Waals surface area contributed by atoms with Crippen molar-refractivity contribution in [2.45, 2.75) is 13.8 Å². The second-order valence-electron chi connectivity index (χ2n) is 4.35. The van der Waals surface area contributed by atoms with Crippen molar-refractivity contribution < 1.29 is 14.3 Å². The molecule has 0 aliphatic heterocycles. The van der Waals surface area contributed by atoms with Crippen molar-refractivity contribution >= 4 is 17.7 Å². The van der Waals surface area contributed by atoms with Crippen LogP contribution in [0.2, 0.25) is 0 Å². The van der Waals surface area contributed by atoms with Gasteiger partial charge in [-0.15, -0.1) is 0 Å². The van der Waals surface area contributed by atoms with Crippen LogP contribution in [0.15, 0.2) is 36.4 Å². The average molecular weight is 263 g/mol. The van der Waals surface area contributed by atoms with E-state index >= 15 is 0 Å². The molecular formula is C15H18FNO2. The SMILES string of the molecule is C=C(C)CN(CC)c1ccc(F)cc1/C=C/C(=O)O. The third-order valence-electron chi connectivity index (χ3n) is 2.58. The number of hydrogen-bond donors (Lipinski definition) is 1. The Morgan fingerprint density at radius 1 is 1.53 bits per heavy atom. The molecule has 0 aliphatic carbocycles. The van der Waals surface area contributed by atoms with Crippen LogP contribution in [0.4, 0.5) is 10.1 Å². The summed E-state index contributed by atoms with van der Waals surface area (Å²) in [6.07, 6.45) is 2.41. The number of benzene rings is 1. The van der Waals surface area contributed by atoms with Crippen molar-refractivity contribution in [3.8, 4) is 0 Å².